The fourth-order valence-corrected chi connectivity index (χ4v) is 2.42. The molecule has 4 nitrogen and oxygen atoms in total. The Kier molecular flexibility index (Phi) is 5.92. The molecule has 0 spiro atoms. The number of amides is 1. The lowest BCUT2D eigenvalue weighted by molar-refractivity contribution is -0.123. The number of carbonyl (C=O) groups is 1. The highest BCUT2D eigenvalue weighted by atomic mass is 16.2. The van der Waals surface area contributed by atoms with Crippen molar-refractivity contribution in [3.63, 3.8) is 0 Å². The SMILES string of the molecule is CCCC(C)NC(=O)CN1CCC(N)C(C)C1. The third-order valence-corrected chi connectivity index (χ3v) is 3.55. The quantitative estimate of drug-likeness (QED) is 0.754. The fourth-order valence-electron chi connectivity index (χ4n) is 2.42. The average molecular weight is 241 g/mol. The van der Waals surface area contributed by atoms with Gasteiger partial charge in [-0.15, -0.1) is 0 Å². The first-order valence-electron chi connectivity index (χ1n) is 6.80. The highest BCUT2D eigenvalue weighted by molar-refractivity contribution is 5.78. The summed E-state index contributed by atoms with van der Waals surface area (Å²) in [5.74, 6) is 0.637. The van der Waals surface area contributed by atoms with E-state index in [0.29, 0.717) is 18.5 Å². The summed E-state index contributed by atoms with van der Waals surface area (Å²) in [4.78, 5) is 14.0. The van der Waals surface area contributed by atoms with E-state index in [1.54, 1.807) is 0 Å². The number of rotatable bonds is 5. The minimum absolute atomic E-state index is 0.147. The molecule has 1 fully saturated rings. The summed E-state index contributed by atoms with van der Waals surface area (Å²) < 4.78 is 0. The number of nitrogens with two attached hydrogens (primary N) is 1. The smallest absolute Gasteiger partial charge is 0.234 e. The molecule has 0 aromatic carbocycles. The maximum Gasteiger partial charge on any atom is 0.234 e. The Bertz CT molecular complexity index is 245. The van der Waals surface area contributed by atoms with Gasteiger partial charge >= 0.3 is 0 Å². The topological polar surface area (TPSA) is 58.4 Å². The fraction of sp³-hybridized carbons (Fsp3) is 0.923. The minimum Gasteiger partial charge on any atom is -0.353 e. The Hall–Kier alpha value is -0.610. The van der Waals surface area contributed by atoms with E-state index in [-0.39, 0.29) is 11.9 Å². The van der Waals surface area contributed by atoms with Crippen LogP contribution in [0.25, 0.3) is 0 Å². The first-order valence-corrected chi connectivity index (χ1v) is 6.80. The van der Waals surface area contributed by atoms with Crippen molar-refractivity contribution in [2.75, 3.05) is 19.6 Å². The summed E-state index contributed by atoms with van der Waals surface area (Å²) in [5.41, 5.74) is 5.96. The van der Waals surface area contributed by atoms with E-state index < -0.39 is 0 Å². The van der Waals surface area contributed by atoms with Crippen molar-refractivity contribution >= 4 is 5.91 Å². The second kappa shape index (κ2) is 6.97. The van der Waals surface area contributed by atoms with Crippen molar-refractivity contribution in [3.05, 3.63) is 0 Å². The lowest BCUT2D eigenvalue weighted by Crippen LogP contribution is -2.49. The Morgan fingerprint density at radius 1 is 1.59 bits per heavy atom. The minimum atomic E-state index is 0.147. The van der Waals surface area contributed by atoms with E-state index in [4.69, 9.17) is 5.73 Å². The maximum absolute atomic E-state index is 11.8. The molecule has 17 heavy (non-hydrogen) atoms. The molecular formula is C13H27N3O. The van der Waals surface area contributed by atoms with Crippen molar-refractivity contribution in [2.45, 2.75) is 52.1 Å². The van der Waals surface area contributed by atoms with Crippen LogP contribution in [0.3, 0.4) is 0 Å². The number of nitrogens with one attached hydrogen (secondary N) is 1. The summed E-state index contributed by atoms with van der Waals surface area (Å²) in [7, 11) is 0. The summed E-state index contributed by atoms with van der Waals surface area (Å²) in [6, 6.07) is 0.588. The van der Waals surface area contributed by atoms with Gasteiger partial charge in [-0.3, -0.25) is 9.69 Å². The van der Waals surface area contributed by atoms with Crippen LogP contribution in [0.5, 0.6) is 0 Å². The number of nitrogens with zero attached hydrogens (tertiary/aromatic N) is 1. The number of likely N-dealkylation sites (tertiary alicyclic amines) is 1. The predicted octanol–water partition coefficient (Wildman–Crippen LogP) is 0.960. The molecule has 1 aliphatic rings. The first kappa shape index (κ1) is 14.5. The van der Waals surface area contributed by atoms with Gasteiger partial charge in [0.1, 0.15) is 0 Å². The molecule has 0 aromatic rings. The first-order chi connectivity index (χ1) is 8.02. The highest BCUT2D eigenvalue weighted by Crippen LogP contribution is 2.14. The van der Waals surface area contributed by atoms with Gasteiger partial charge in [0.2, 0.25) is 5.91 Å². The highest BCUT2D eigenvalue weighted by Gasteiger charge is 2.24. The molecule has 1 rings (SSSR count). The molecule has 0 saturated carbocycles. The molecule has 3 unspecified atom stereocenters. The summed E-state index contributed by atoms with van der Waals surface area (Å²) in [5, 5.41) is 3.04. The van der Waals surface area contributed by atoms with Crippen LogP contribution in [-0.2, 0) is 4.79 Å². The van der Waals surface area contributed by atoms with Crippen LogP contribution in [0.15, 0.2) is 0 Å². The van der Waals surface area contributed by atoms with E-state index in [0.717, 1.165) is 32.4 Å². The molecule has 3 N–H and O–H groups in total. The number of piperidine rings is 1. The van der Waals surface area contributed by atoms with Gasteiger partial charge in [0.15, 0.2) is 0 Å². The second-order valence-corrected chi connectivity index (χ2v) is 5.42. The molecule has 1 saturated heterocycles. The van der Waals surface area contributed by atoms with E-state index in [9.17, 15) is 4.79 Å². The molecule has 0 aromatic heterocycles. The Morgan fingerprint density at radius 2 is 2.29 bits per heavy atom. The molecular weight excluding hydrogens is 214 g/mol. The van der Waals surface area contributed by atoms with Gasteiger partial charge in [-0.1, -0.05) is 20.3 Å². The van der Waals surface area contributed by atoms with Gasteiger partial charge in [-0.25, -0.2) is 0 Å². The van der Waals surface area contributed by atoms with Gasteiger partial charge < -0.3 is 11.1 Å². The Labute approximate surface area is 105 Å². The van der Waals surface area contributed by atoms with E-state index in [2.05, 4.69) is 31.0 Å². The van der Waals surface area contributed by atoms with E-state index in [1.165, 1.54) is 0 Å². The van der Waals surface area contributed by atoms with Crippen LogP contribution in [0, 0.1) is 5.92 Å². The van der Waals surface area contributed by atoms with Gasteiger partial charge in [-0.2, -0.15) is 0 Å². The molecule has 0 radical (unpaired) electrons. The third kappa shape index (κ3) is 5.04. The monoisotopic (exact) mass is 241 g/mol. The van der Waals surface area contributed by atoms with Crippen LogP contribution < -0.4 is 11.1 Å². The average Bonchev–Trinajstić information content (AvgIpc) is 2.23. The zero-order chi connectivity index (χ0) is 12.8. The van der Waals surface area contributed by atoms with Crippen molar-refractivity contribution in [1.29, 1.82) is 0 Å². The summed E-state index contributed by atoms with van der Waals surface area (Å²) in [6.07, 6.45) is 3.16. The van der Waals surface area contributed by atoms with Gasteiger partial charge in [-0.05, 0) is 25.7 Å². The van der Waals surface area contributed by atoms with E-state index in [1.807, 2.05) is 0 Å². The maximum atomic E-state index is 11.8. The lowest BCUT2D eigenvalue weighted by atomic mass is 9.95. The Balaban J connectivity index is 2.27. The normalized spacial score (nSPS) is 27.8. The molecule has 100 valence electrons. The van der Waals surface area contributed by atoms with Gasteiger partial charge in [0, 0.05) is 25.2 Å². The van der Waals surface area contributed by atoms with Crippen LogP contribution in [-0.4, -0.2) is 42.5 Å². The number of hydrogen-bond acceptors (Lipinski definition) is 3. The predicted molar refractivity (Wildman–Crippen MR) is 70.7 cm³/mol. The van der Waals surface area contributed by atoms with Crippen molar-refractivity contribution in [3.8, 4) is 0 Å². The molecule has 4 heteroatoms. The number of carbonyl (C=O) groups excluding carboxylic acids is 1. The van der Waals surface area contributed by atoms with Crippen LogP contribution in [0.2, 0.25) is 0 Å². The molecule has 0 aliphatic carbocycles. The molecule has 0 bridgehead atoms. The lowest BCUT2D eigenvalue weighted by Gasteiger charge is -2.34. The van der Waals surface area contributed by atoms with Crippen LogP contribution >= 0.6 is 0 Å². The van der Waals surface area contributed by atoms with Crippen molar-refractivity contribution in [2.24, 2.45) is 11.7 Å². The zero-order valence-electron chi connectivity index (χ0n) is 11.4. The van der Waals surface area contributed by atoms with Crippen LogP contribution in [0.1, 0.15) is 40.0 Å². The summed E-state index contributed by atoms with van der Waals surface area (Å²) in [6.45, 7) is 8.77. The molecule has 1 amide bonds. The van der Waals surface area contributed by atoms with Gasteiger partial charge in [0.05, 0.1) is 6.54 Å². The van der Waals surface area contributed by atoms with Crippen molar-refractivity contribution in [1.82, 2.24) is 10.2 Å². The largest absolute Gasteiger partial charge is 0.353 e. The van der Waals surface area contributed by atoms with Crippen molar-refractivity contribution < 1.29 is 4.79 Å². The molecule has 1 heterocycles. The standard InChI is InChI=1S/C13H27N3O/c1-4-5-11(3)15-13(17)9-16-7-6-12(14)10(2)8-16/h10-12H,4-9,14H2,1-3H3,(H,15,17). The number of hydrogen-bond donors (Lipinski definition) is 2. The zero-order valence-corrected chi connectivity index (χ0v) is 11.4. The van der Waals surface area contributed by atoms with E-state index >= 15 is 0 Å². The Morgan fingerprint density at radius 3 is 2.88 bits per heavy atom. The van der Waals surface area contributed by atoms with Crippen LogP contribution in [0.4, 0.5) is 0 Å². The summed E-state index contributed by atoms with van der Waals surface area (Å²) >= 11 is 0. The molecule has 3 atom stereocenters. The molecule has 1 aliphatic heterocycles. The third-order valence-electron chi connectivity index (χ3n) is 3.55. The van der Waals surface area contributed by atoms with Gasteiger partial charge in [0.25, 0.3) is 0 Å². The second-order valence-electron chi connectivity index (χ2n) is 5.42.